The Balaban J connectivity index is 2.74. The predicted molar refractivity (Wildman–Crippen MR) is 47.8 cm³/mol. The average molecular weight is 189 g/mol. The molecule has 0 N–H and O–H groups in total. The Kier molecular flexibility index (Phi) is 3.33. The summed E-state index contributed by atoms with van der Waals surface area (Å²) in [4.78, 5) is 18.2. The summed E-state index contributed by atoms with van der Waals surface area (Å²) in [6.45, 7) is 0. The highest BCUT2D eigenvalue weighted by Gasteiger charge is 1.94. The fourth-order valence-corrected chi connectivity index (χ4v) is 0.714. The third-order valence-electron chi connectivity index (χ3n) is 1.38. The van der Waals surface area contributed by atoms with E-state index in [0.717, 1.165) is 0 Å². The molecule has 0 unspecified atom stereocenters. The number of hydrogen-bond acceptors (Lipinski definition) is 5. The van der Waals surface area contributed by atoms with Crippen LogP contribution < -0.4 is 0 Å². The lowest BCUT2D eigenvalue weighted by Crippen LogP contribution is -1.94. The van der Waals surface area contributed by atoms with E-state index in [0.29, 0.717) is 5.56 Å². The molecular formula is C9H7N3O2. The van der Waals surface area contributed by atoms with Crippen LogP contribution in [-0.2, 0) is 9.53 Å². The minimum absolute atomic E-state index is 0.0974. The van der Waals surface area contributed by atoms with Crippen LogP contribution in [0, 0.1) is 11.3 Å². The van der Waals surface area contributed by atoms with E-state index in [1.807, 2.05) is 0 Å². The largest absolute Gasteiger partial charge is 0.466 e. The van der Waals surface area contributed by atoms with Crippen LogP contribution in [0.3, 0.4) is 0 Å². The quantitative estimate of drug-likeness (QED) is 0.501. The molecule has 0 amide bonds. The molecule has 1 heterocycles. The highest BCUT2D eigenvalue weighted by molar-refractivity contribution is 5.86. The SMILES string of the molecule is COC(=O)C=Cc1cnc(C#N)nc1. The predicted octanol–water partition coefficient (Wildman–Crippen LogP) is 0.534. The van der Waals surface area contributed by atoms with Crippen molar-refractivity contribution in [3.8, 4) is 6.07 Å². The molecular weight excluding hydrogens is 182 g/mol. The van der Waals surface area contributed by atoms with Crippen LogP contribution in [0.25, 0.3) is 6.08 Å². The zero-order valence-electron chi connectivity index (χ0n) is 7.47. The molecule has 0 aliphatic carbocycles. The number of esters is 1. The molecule has 0 atom stereocenters. The van der Waals surface area contributed by atoms with E-state index in [1.165, 1.54) is 31.7 Å². The van der Waals surface area contributed by atoms with Crippen molar-refractivity contribution >= 4 is 12.0 Å². The smallest absolute Gasteiger partial charge is 0.330 e. The Morgan fingerprint density at radius 1 is 1.57 bits per heavy atom. The van der Waals surface area contributed by atoms with Crippen LogP contribution in [-0.4, -0.2) is 23.0 Å². The molecule has 0 bridgehead atoms. The van der Waals surface area contributed by atoms with E-state index in [-0.39, 0.29) is 5.82 Å². The number of rotatable bonds is 2. The van der Waals surface area contributed by atoms with E-state index < -0.39 is 5.97 Å². The maximum absolute atomic E-state index is 10.7. The molecule has 0 aliphatic rings. The molecule has 1 aromatic rings. The number of nitriles is 1. The summed E-state index contributed by atoms with van der Waals surface area (Å²) < 4.78 is 4.40. The minimum atomic E-state index is -0.450. The first-order valence-electron chi connectivity index (χ1n) is 3.74. The summed E-state index contributed by atoms with van der Waals surface area (Å²) >= 11 is 0. The van der Waals surface area contributed by atoms with Gasteiger partial charge in [0.15, 0.2) is 0 Å². The summed E-state index contributed by atoms with van der Waals surface area (Å²) in [5.74, 6) is -0.352. The Morgan fingerprint density at radius 2 is 2.21 bits per heavy atom. The Bertz CT molecular complexity index is 390. The van der Waals surface area contributed by atoms with Gasteiger partial charge in [-0.2, -0.15) is 5.26 Å². The second-order valence-electron chi connectivity index (χ2n) is 2.31. The fourth-order valence-electron chi connectivity index (χ4n) is 0.714. The van der Waals surface area contributed by atoms with Gasteiger partial charge in [-0.15, -0.1) is 0 Å². The highest BCUT2D eigenvalue weighted by Crippen LogP contribution is 1.98. The van der Waals surface area contributed by atoms with Crippen molar-refractivity contribution < 1.29 is 9.53 Å². The summed E-state index contributed by atoms with van der Waals surface area (Å²) in [6, 6.07) is 1.79. The molecule has 0 saturated carbocycles. The maximum Gasteiger partial charge on any atom is 0.330 e. The van der Waals surface area contributed by atoms with Crippen molar-refractivity contribution in [3.05, 3.63) is 29.9 Å². The molecule has 5 heteroatoms. The molecule has 0 aliphatic heterocycles. The number of aromatic nitrogens is 2. The van der Waals surface area contributed by atoms with Gasteiger partial charge in [0.1, 0.15) is 6.07 Å². The minimum Gasteiger partial charge on any atom is -0.466 e. The molecule has 0 fully saturated rings. The van der Waals surface area contributed by atoms with Crippen molar-refractivity contribution in [1.29, 1.82) is 5.26 Å². The average Bonchev–Trinajstić information content (AvgIpc) is 2.26. The summed E-state index contributed by atoms with van der Waals surface area (Å²) in [7, 11) is 1.29. The third kappa shape index (κ3) is 2.68. The molecule has 0 radical (unpaired) electrons. The first kappa shape index (κ1) is 9.86. The lowest BCUT2D eigenvalue weighted by Gasteiger charge is -1.91. The van der Waals surface area contributed by atoms with E-state index in [1.54, 1.807) is 6.07 Å². The zero-order valence-corrected chi connectivity index (χ0v) is 7.47. The van der Waals surface area contributed by atoms with Crippen LogP contribution in [0.4, 0.5) is 0 Å². The van der Waals surface area contributed by atoms with Crippen molar-refractivity contribution in [1.82, 2.24) is 9.97 Å². The summed E-state index contributed by atoms with van der Waals surface area (Å²) in [5.41, 5.74) is 0.634. The third-order valence-corrected chi connectivity index (χ3v) is 1.38. The monoisotopic (exact) mass is 189 g/mol. The number of nitrogens with zero attached hydrogens (tertiary/aromatic N) is 3. The van der Waals surface area contributed by atoms with Crippen LogP contribution in [0.2, 0.25) is 0 Å². The van der Waals surface area contributed by atoms with Crippen molar-refractivity contribution in [2.24, 2.45) is 0 Å². The number of carbonyl (C=O) groups excluding carboxylic acids is 1. The standard InChI is InChI=1S/C9H7N3O2/c1-14-9(13)3-2-7-5-11-8(4-10)12-6-7/h2-3,5-6H,1H3. The fraction of sp³-hybridized carbons (Fsp3) is 0.111. The van der Waals surface area contributed by atoms with Crippen molar-refractivity contribution in [2.45, 2.75) is 0 Å². The number of hydrogen-bond donors (Lipinski definition) is 0. The molecule has 5 nitrogen and oxygen atoms in total. The first-order valence-corrected chi connectivity index (χ1v) is 3.74. The lowest BCUT2D eigenvalue weighted by atomic mass is 10.3. The van der Waals surface area contributed by atoms with Gasteiger partial charge in [-0.1, -0.05) is 0 Å². The Hall–Kier alpha value is -2.22. The zero-order chi connectivity index (χ0) is 10.4. The second kappa shape index (κ2) is 4.72. The normalized spacial score (nSPS) is 9.71. The Labute approximate surface area is 80.7 Å². The van der Waals surface area contributed by atoms with Gasteiger partial charge in [-0.25, -0.2) is 14.8 Å². The number of methoxy groups -OCH3 is 1. The van der Waals surface area contributed by atoms with E-state index in [2.05, 4.69) is 14.7 Å². The molecule has 14 heavy (non-hydrogen) atoms. The second-order valence-corrected chi connectivity index (χ2v) is 2.31. The molecule has 0 spiro atoms. The van der Waals surface area contributed by atoms with Gasteiger partial charge in [0.05, 0.1) is 7.11 Å². The van der Waals surface area contributed by atoms with Gasteiger partial charge in [0, 0.05) is 24.0 Å². The number of carbonyl (C=O) groups is 1. The summed E-state index contributed by atoms with van der Waals surface area (Å²) in [5, 5.41) is 8.42. The highest BCUT2D eigenvalue weighted by atomic mass is 16.5. The van der Waals surface area contributed by atoms with E-state index >= 15 is 0 Å². The summed E-state index contributed by atoms with van der Waals surface area (Å²) in [6.07, 6.45) is 5.66. The van der Waals surface area contributed by atoms with Gasteiger partial charge in [0.2, 0.25) is 5.82 Å². The maximum atomic E-state index is 10.7. The van der Waals surface area contributed by atoms with Crippen LogP contribution in [0.5, 0.6) is 0 Å². The van der Waals surface area contributed by atoms with Crippen molar-refractivity contribution in [3.63, 3.8) is 0 Å². The van der Waals surface area contributed by atoms with Gasteiger partial charge in [0.25, 0.3) is 0 Å². The number of ether oxygens (including phenoxy) is 1. The Morgan fingerprint density at radius 3 is 2.71 bits per heavy atom. The molecule has 70 valence electrons. The van der Waals surface area contributed by atoms with Gasteiger partial charge in [-0.05, 0) is 6.08 Å². The van der Waals surface area contributed by atoms with Crippen molar-refractivity contribution in [2.75, 3.05) is 7.11 Å². The van der Waals surface area contributed by atoms with Crippen LogP contribution in [0.1, 0.15) is 11.4 Å². The lowest BCUT2D eigenvalue weighted by molar-refractivity contribution is -0.134. The van der Waals surface area contributed by atoms with E-state index in [4.69, 9.17) is 5.26 Å². The van der Waals surface area contributed by atoms with Gasteiger partial charge < -0.3 is 4.74 Å². The van der Waals surface area contributed by atoms with Gasteiger partial charge >= 0.3 is 5.97 Å². The van der Waals surface area contributed by atoms with Gasteiger partial charge in [-0.3, -0.25) is 0 Å². The molecule has 1 rings (SSSR count). The molecule has 0 saturated heterocycles. The topological polar surface area (TPSA) is 75.9 Å². The van der Waals surface area contributed by atoms with Crippen LogP contribution >= 0.6 is 0 Å². The van der Waals surface area contributed by atoms with E-state index in [9.17, 15) is 4.79 Å². The first-order chi connectivity index (χ1) is 6.76. The molecule has 0 aromatic carbocycles. The van der Waals surface area contributed by atoms with Crippen LogP contribution in [0.15, 0.2) is 18.5 Å². The molecule has 1 aromatic heterocycles.